The molecule has 0 unspecified atom stereocenters. The number of H-pyrrole nitrogens is 1. The van der Waals surface area contributed by atoms with Crippen molar-refractivity contribution in [1.82, 2.24) is 34.9 Å². The van der Waals surface area contributed by atoms with Gasteiger partial charge in [-0.3, -0.25) is 14.0 Å². The fraction of sp³-hybridized carbons (Fsp3) is 0.462. The number of pyridine rings is 1. The predicted octanol–water partition coefficient (Wildman–Crippen LogP) is 1.60. The van der Waals surface area contributed by atoms with Gasteiger partial charge in [-0.15, -0.1) is 0 Å². The summed E-state index contributed by atoms with van der Waals surface area (Å²) in [4.78, 5) is 44.4. The molecule has 2 aliphatic rings. The minimum Gasteiger partial charge on any atom is -0.352 e. The van der Waals surface area contributed by atoms with Crippen molar-refractivity contribution in [2.75, 3.05) is 57.8 Å². The molecule has 2 aliphatic heterocycles. The van der Waals surface area contributed by atoms with Crippen LogP contribution in [0, 0.1) is 5.92 Å². The van der Waals surface area contributed by atoms with E-state index in [4.69, 9.17) is 4.98 Å². The maximum absolute atomic E-state index is 13.7. The Kier molecular flexibility index (Phi) is 6.06. The summed E-state index contributed by atoms with van der Waals surface area (Å²) in [7, 11) is 2.12. The first-order valence-electron chi connectivity index (χ1n) is 12.8. The summed E-state index contributed by atoms with van der Waals surface area (Å²) in [5.41, 5.74) is 2.46. The number of aromatic nitrogens is 4. The van der Waals surface area contributed by atoms with E-state index < -0.39 is 0 Å². The number of fused-ring (bicyclic) bond motifs is 5. The lowest BCUT2D eigenvalue weighted by molar-refractivity contribution is 0.0944. The average Bonchev–Trinajstić information content (AvgIpc) is 3.15. The van der Waals surface area contributed by atoms with Crippen LogP contribution in [0.15, 0.2) is 35.3 Å². The lowest BCUT2D eigenvalue weighted by Crippen LogP contribution is -2.37. The minimum absolute atomic E-state index is 0.111. The van der Waals surface area contributed by atoms with Crippen molar-refractivity contribution in [2.45, 2.75) is 19.3 Å². The summed E-state index contributed by atoms with van der Waals surface area (Å²) in [6, 6.07) is 7.80. The Bertz CT molecular complexity index is 1490. The van der Waals surface area contributed by atoms with Crippen LogP contribution in [0.4, 0.5) is 5.95 Å². The first-order valence-corrected chi connectivity index (χ1v) is 12.8. The number of hydrogen-bond acceptors (Lipinski definition) is 7. The molecule has 10 heteroatoms. The first-order chi connectivity index (χ1) is 17.6. The minimum atomic E-state index is -0.357. The molecule has 3 N–H and O–H groups in total. The van der Waals surface area contributed by atoms with Gasteiger partial charge in [-0.1, -0.05) is 12.1 Å². The molecule has 0 radical (unpaired) electrons. The van der Waals surface area contributed by atoms with Gasteiger partial charge in [0.25, 0.3) is 5.91 Å². The largest absolute Gasteiger partial charge is 0.352 e. The Balaban J connectivity index is 1.47. The zero-order valence-electron chi connectivity index (χ0n) is 20.6. The smallest absolute Gasteiger partial charge is 0.259 e. The number of likely N-dealkylation sites (N-methyl/N-ethyl adjacent to an activating group) is 1. The van der Waals surface area contributed by atoms with Crippen molar-refractivity contribution < 1.29 is 4.79 Å². The summed E-state index contributed by atoms with van der Waals surface area (Å²) < 4.78 is 1.90. The Morgan fingerprint density at radius 2 is 1.97 bits per heavy atom. The zero-order valence-corrected chi connectivity index (χ0v) is 20.6. The van der Waals surface area contributed by atoms with E-state index in [2.05, 4.69) is 37.4 Å². The molecule has 1 amide bonds. The number of imidazole rings is 1. The van der Waals surface area contributed by atoms with Gasteiger partial charge >= 0.3 is 0 Å². The molecule has 0 saturated carbocycles. The van der Waals surface area contributed by atoms with Crippen LogP contribution in [-0.2, 0) is 0 Å². The Hall–Kier alpha value is -3.50. The standard InChI is InChI=1S/C26H32N8O2/c1-32-11-4-12-33(14-13-32)26-29-16-18-22(35)21(25(36)28-15-17-7-9-27-10-8-17)24-30-19-5-2-3-6-20(19)34(24)23(18)31-26/h2-3,5-6,16-17,27,30H,4,7-15H2,1H3,(H,28,36). The van der Waals surface area contributed by atoms with E-state index in [1.807, 2.05) is 28.7 Å². The lowest BCUT2D eigenvalue weighted by atomic mass is 9.98. The van der Waals surface area contributed by atoms with Gasteiger partial charge < -0.3 is 25.4 Å². The van der Waals surface area contributed by atoms with E-state index in [9.17, 15) is 9.59 Å². The summed E-state index contributed by atoms with van der Waals surface area (Å²) in [5, 5.41) is 6.72. The molecule has 6 rings (SSSR count). The van der Waals surface area contributed by atoms with Crippen molar-refractivity contribution in [3.63, 3.8) is 0 Å². The first kappa shape index (κ1) is 22.9. The number of carbonyl (C=O) groups excluding carboxylic acids is 1. The molecule has 0 aliphatic carbocycles. The highest BCUT2D eigenvalue weighted by Gasteiger charge is 2.25. The highest BCUT2D eigenvalue weighted by molar-refractivity contribution is 6.05. The fourth-order valence-corrected chi connectivity index (χ4v) is 5.43. The fourth-order valence-electron chi connectivity index (χ4n) is 5.43. The third kappa shape index (κ3) is 4.10. The lowest BCUT2D eigenvalue weighted by Gasteiger charge is -2.22. The summed E-state index contributed by atoms with van der Waals surface area (Å²) in [5.74, 6) is 0.665. The second kappa shape index (κ2) is 9.51. The van der Waals surface area contributed by atoms with Crippen molar-refractivity contribution in [3.05, 3.63) is 46.2 Å². The molecule has 188 valence electrons. The van der Waals surface area contributed by atoms with Gasteiger partial charge in [0.2, 0.25) is 11.4 Å². The maximum atomic E-state index is 13.7. The number of para-hydroxylation sites is 2. The SMILES string of the molecule is CN1CCCN(c2ncc3c(=O)c(C(=O)NCC4CCNCC4)c4[nH]c5ccccc5n4c3n2)CC1. The normalized spacial score (nSPS) is 18.2. The van der Waals surface area contributed by atoms with Gasteiger partial charge in [-0.2, -0.15) is 4.98 Å². The molecular weight excluding hydrogens is 456 g/mol. The number of nitrogens with one attached hydrogen (secondary N) is 3. The van der Waals surface area contributed by atoms with Crippen LogP contribution in [-0.4, -0.2) is 83.0 Å². The molecule has 0 spiro atoms. The van der Waals surface area contributed by atoms with Crippen LogP contribution in [0.5, 0.6) is 0 Å². The number of rotatable bonds is 4. The molecule has 4 aromatic rings. The molecule has 10 nitrogen and oxygen atoms in total. The van der Waals surface area contributed by atoms with Crippen LogP contribution in [0.25, 0.3) is 27.7 Å². The number of anilines is 1. The molecule has 0 bridgehead atoms. The van der Waals surface area contributed by atoms with Crippen molar-refractivity contribution in [1.29, 1.82) is 0 Å². The van der Waals surface area contributed by atoms with Gasteiger partial charge in [-0.05, 0) is 64.0 Å². The average molecular weight is 489 g/mol. The zero-order chi connectivity index (χ0) is 24.6. The van der Waals surface area contributed by atoms with E-state index in [0.29, 0.717) is 35.1 Å². The van der Waals surface area contributed by atoms with Gasteiger partial charge in [-0.25, -0.2) is 4.98 Å². The van der Waals surface area contributed by atoms with E-state index in [0.717, 1.165) is 69.6 Å². The quantitative estimate of drug-likeness (QED) is 0.400. The third-order valence-electron chi connectivity index (χ3n) is 7.54. The number of amides is 1. The number of hydrogen-bond donors (Lipinski definition) is 3. The maximum Gasteiger partial charge on any atom is 0.259 e. The molecule has 3 aromatic heterocycles. The number of carbonyl (C=O) groups is 1. The van der Waals surface area contributed by atoms with Crippen LogP contribution < -0.4 is 21.0 Å². The van der Waals surface area contributed by atoms with Crippen molar-refractivity contribution in [3.8, 4) is 0 Å². The highest BCUT2D eigenvalue weighted by Crippen LogP contribution is 2.24. The van der Waals surface area contributed by atoms with Gasteiger partial charge in [0.15, 0.2) is 5.65 Å². The van der Waals surface area contributed by atoms with Crippen molar-refractivity contribution >= 4 is 39.6 Å². The monoisotopic (exact) mass is 488 g/mol. The van der Waals surface area contributed by atoms with Crippen LogP contribution in [0.2, 0.25) is 0 Å². The molecule has 1 aromatic carbocycles. The van der Waals surface area contributed by atoms with Crippen LogP contribution in [0.1, 0.15) is 29.6 Å². The number of piperidine rings is 1. The highest BCUT2D eigenvalue weighted by atomic mass is 16.2. The summed E-state index contributed by atoms with van der Waals surface area (Å²) in [6.45, 7) is 6.12. The third-order valence-corrected chi connectivity index (χ3v) is 7.54. The Labute approximate surface area is 208 Å². The summed E-state index contributed by atoms with van der Waals surface area (Å²) in [6.07, 6.45) is 4.65. The van der Waals surface area contributed by atoms with E-state index in [1.54, 1.807) is 6.20 Å². The van der Waals surface area contributed by atoms with Gasteiger partial charge in [0.05, 0.1) is 16.4 Å². The molecular formula is C26H32N8O2. The number of benzene rings is 1. The van der Waals surface area contributed by atoms with Crippen LogP contribution >= 0.6 is 0 Å². The van der Waals surface area contributed by atoms with Gasteiger partial charge in [0.1, 0.15) is 11.2 Å². The molecule has 2 fully saturated rings. The molecule has 36 heavy (non-hydrogen) atoms. The Morgan fingerprint density at radius 3 is 2.83 bits per heavy atom. The summed E-state index contributed by atoms with van der Waals surface area (Å²) >= 11 is 0. The Morgan fingerprint density at radius 1 is 1.14 bits per heavy atom. The van der Waals surface area contributed by atoms with E-state index >= 15 is 0 Å². The topological polar surface area (TPSA) is 111 Å². The van der Waals surface area contributed by atoms with E-state index in [-0.39, 0.29) is 16.9 Å². The number of aromatic amines is 1. The molecule has 2 saturated heterocycles. The molecule has 5 heterocycles. The van der Waals surface area contributed by atoms with Crippen molar-refractivity contribution in [2.24, 2.45) is 5.92 Å². The van der Waals surface area contributed by atoms with Gasteiger partial charge in [0, 0.05) is 32.4 Å². The van der Waals surface area contributed by atoms with E-state index in [1.165, 1.54) is 0 Å². The predicted molar refractivity (Wildman–Crippen MR) is 141 cm³/mol. The second-order valence-corrected chi connectivity index (χ2v) is 9.98. The van der Waals surface area contributed by atoms with Crippen LogP contribution in [0.3, 0.4) is 0 Å². The number of nitrogens with zero attached hydrogens (tertiary/aromatic N) is 5. The molecule has 0 atom stereocenters. The second-order valence-electron chi connectivity index (χ2n) is 9.98.